The number of hydrogen-bond donors (Lipinski definition) is 0. The Morgan fingerprint density at radius 3 is 2.18 bits per heavy atom. The fourth-order valence-corrected chi connectivity index (χ4v) is 4.16. The Morgan fingerprint density at radius 1 is 0.758 bits per heavy atom. The second kappa shape index (κ2) is 7.47. The quantitative estimate of drug-likeness (QED) is 0.311. The fraction of sp³-hybridized carbons (Fsp3) is 0.167. The standard InChI is InChI=1S/C24H15F6N3/c25-23(26,27)17-8-4-7-15-16(13-20(24(28,29)30)32-22(15)17)18-9-10-19-21(31-11-12-33(18)19)14-5-2-1-3-6-14/h1-10,13H,11-12H2. The summed E-state index contributed by atoms with van der Waals surface area (Å²) in [4.78, 5) is 7.95. The van der Waals surface area contributed by atoms with Crippen molar-refractivity contribution in [2.45, 2.75) is 18.9 Å². The van der Waals surface area contributed by atoms with E-state index in [1.54, 1.807) is 16.7 Å². The first-order chi connectivity index (χ1) is 15.6. The van der Waals surface area contributed by atoms with Gasteiger partial charge in [-0.15, -0.1) is 0 Å². The van der Waals surface area contributed by atoms with Crippen LogP contribution in [0.3, 0.4) is 0 Å². The first-order valence-corrected chi connectivity index (χ1v) is 10.0. The van der Waals surface area contributed by atoms with Crippen molar-refractivity contribution in [1.29, 1.82) is 0 Å². The number of hydrogen-bond acceptors (Lipinski definition) is 2. The molecule has 0 bridgehead atoms. The molecule has 2 aromatic carbocycles. The van der Waals surface area contributed by atoms with Gasteiger partial charge < -0.3 is 4.57 Å². The minimum atomic E-state index is -4.91. The molecular formula is C24H15F6N3. The van der Waals surface area contributed by atoms with Crippen LogP contribution in [0.4, 0.5) is 26.3 Å². The first-order valence-electron chi connectivity index (χ1n) is 10.0. The average Bonchev–Trinajstić information content (AvgIpc) is 3.21. The number of rotatable bonds is 2. The predicted octanol–water partition coefficient (Wildman–Crippen LogP) is 6.59. The van der Waals surface area contributed by atoms with Gasteiger partial charge in [-0.25, -0.2) is 4.98 Å². The highest BCUT2D eigenvalue weighted by atomic mass is 19.4. The maximum atomic E-state index is 13.6. The zero-order valence-corrected chi connectivity index (χ0v) is 16.9. The molecular weight excluding hydrogens is 444 g/mol. The van der Waals surface area contributed by atoms with E-state index in [1.165, 1.54) is 12.1 Å². The zero-order chi connectivity index (χ0) is 23.4. The maximum Gasteiger partial charge on any atom is 0.433 e. The van der Waals surface area contributed by atoms with Gasteiger partial charge in [0.05, 0.1) is 29.0 Å². The molecule has 0 unspecified atom stereocenters. The largest absolute Gasteiger partial charge is 0.433 e. The average molecular weight is 459 g/mol. The SMILES string of the molecule is FC(F)(F)c1cc(-c2ccc3n2CCN=C3c2ccccc2)c2cccc(C(F)(F)F)c2n1. The number of halogens is 6. The van der Waals surface area contributed by atoms with E-state index in [0.717, 1.165) is 17.7 Å². The molecule has 0 N–H and O–H groups in total. The molecule has 3 heterocycles. The van der Waals surface area contributed by atoms with Crippen LogP contribution in [-0.4, -0.2) is 21.8 Å². The Morgan fingerprint density at radius 2 is 1.48 bits per heavy atom. The smallest absolute Gasteiger partial charge is 0.337 e. The van der Waals surface area contributed by atoms with Gasteiger partial charge in [0.2, 0.25) is 0 Å². The van der Waals surface area contributed by atoms with E-state index in [4.69, 9.17) is 0 Å². The number of pyridine rings is 1. The highest BCUT2D eigenvalue weighted by Crippen LogP contribution is 2.41. The third kappa shape index (κ3) is 3.67. The van der Waals surface area contributed by atoms with Crippen molar-refractivity contribution in [2.75, 3.05) is 6.54 Å². The molecule has 0 saturated heterocycles. The molecule has 33 heavy (non-hydrogen) atoms. The van der Waals surface area contributed by atoms with E-state index < -0.39 is 29.1 Å². The second-order valence-corrected chi connectivity index (χ2v) is 7.60. The first kappa shape index (κ1) is 21.2. The van der Waals surface area contributed by atoms with Crippen LogP contribution in [-0.2, 0) is 18.9 Å². The molecule has 1 aliphatic rings. The summed E-state index contributed by atoms with van der Waals surface area (Å²) in [5, 5.41) is 0.00231. The lowest BCUT2D eigenvalue weighted by Gasteiger charge is -2.21. The van der Waals surface area contributed by atoms with Gasteiger partial charge in [-0.3, -0.25) is 4.99 Å². The highest BCUT2D eigenvalue weighted by Gasteiger charge is 2.38. The van der Waals surface area contributed by atoms with Gasteiger partial charge in [0.1, 0.15) is 5.69 Å². The number of benzene rings is 2. The lowest BCUT2D eigenvalue weighted by Crippen LogP contribution is -2.20. The summed E-state index contributed by atoms with van der Waals surface area (Å²) < 4.78 is 83.4. The third-order valence-corrected chi connectivity index (χ3v) is 5.58. The van der Waals surface area contributed by atoms with Gasteiger partial charge in [-0.1, -0.05) is 42.5 Å². The Kier molecular flexibility index (Phi) is 4.81. The third-order valence-electron chi connectivity index (χ3n) is 5.58. The Balaban J connectivity index is 1.77. The second-order valence-electron chi connectivity index (χ2n) is 7.60. The van der Waals surface area contributed by atoms with E-state index in [9.17, 15) is 26.3 Å². The van der Waals surface area contributed by atoms with Crippen molar-refractivity contribution in [3.05, 3.63) is 89.2 Å². The Labute approximate surface area is 184 Å². The van der Waals surface area contributed by atoms with Crippen molar-refractivity contribution >= 4 is 16.6 Å². The number of nitrogens with zero attached hydrogens (tertiary/aromatic N) is 3. The van der Waals surface area contributed by atoms with Crippen molar-refractivity contribution in [3.63, 3.8) is 0 Å². The van der Waals surface area contributed by atoms with Gasteiger partial charge in [0, 0.05) is 28.8 Å². The van der Waals surface area contributed by atoms with Crippen LogP contribution >= 0.6 is 0 Å². The maximum absolute atomic E-state index is 13.6. The summed E-state index contributed by atoms with van der Waals surface area (Å²) in [5.41, 5.74) is -0.665. The van der Waals surface area contributed by atoms with E-state index >= 15 is 0 Å². The summed E-state index contributed by atoms with van der Waals surface area (Å²) in [5.74, 6) is 0. The van der Waals surface area contributed by atoms with Gasteiger partial charge >= 0.3 is 12.4 Å². The van der Waals surface area contributed by atoms with Gasteiger partial charge in [0.25, 0.3) is 0 Å². The number of fused-ring (bicyclic) bond motifs is 2. The Bertz CT molecular complexity index is 1380. The van der Waals surface area contributed by atoms with Crippen LogP contribution in [0.25, 0.3) is 22.2 Å². The van der Waals surface area contributed by atoms with Crippen molar-refractivity contribution in [3.8, 4) is 11.3 Å². The molecule has 5 rings (SSSR count). The topological polar surface area (TPSA) is 30.2 Å². The van der Waals surface area contributed by atoms with E-state index in [-0.39, 0.29) is 10.9 Å². The van der Waals surface area contributed by atoms with Gasteiger partial charge in [0.15, 0.2) is 0 Å². The van der Waals surface area contributed by atoms with Crippen LogP contribution in [0.1, 0.15) is 22.5 Å². The molecule has 0 amide bonds. The summed E-state index contributed by atoms with van der Waals surface area (Å²) in [6.07, 6.45) is -9.75. The molecule has 0 spiro atoms. The number of aromatic nitrogens is 2. The summed E-state index contributed by atoms with van der Waals surface area (Å²) in [7, 11) is 0. The molecule has 0 fully saturated rings. The lowest BCUT2D eigenvalue weighted by atomic mass is 10.0. The van der Waals surface area contributed by atoms with Crippen molar-refractivity contribution < 1.29 is 26.3 Å². The molecule has 3 nitrogen and oxygen atoms in total. The number of para-hydroxylation sites is 1. The fourth-order valence-electron chi connectivity index (χ4n) is 4.16. The predicted molar refractivity (Wildman–Crippen MR) is 112 cm³/mol. The van der Waals surface area contributed by atoms with Crippen LogP contribution in [0.2, 0.25) is 0 Å². The van der Waals surface area contributed by atoms with Crippen LogP contribution < -0.4 is 0 Å². The van der Waals surface area contributed by atoms with E-state index in [1.807, 2.05) is 30.3 Å². The van der Waals surface area contributed by atoms with Crippen LogP contribution in [0.5, 0.6) is 0 Å². The van der Waals surface area contributed by atoms with Crippen molar-refractivity contribution in [2.24, 2.45) is 4.99 Å². The zero-order valence-electron chi connectivity index (χ0n) is 16.9. The molecule has 9 heteroatoms. The lowest BCUT2D eigenvalue weighted by molar-refractivity contribution is -0.142. The monoisotopic (exact) mass is 459 g/mol. The minimum Gasteiger partial charge on any atom is -0.337 e. The molecule has 0 atom stereocenters. The van der Waals surface area contributed by atoms with Gasteiger partial charge in [-0.05, 0) is 24.3 Å². The molecule has 0 aliphatic carbocycles. The summed E-state index contributed by atoms with van der Waals surface area (Å²) in [6.45, 7) is 0.778. The Hall–Kier alpha value is -3.62. The summed E-state index contributed by atoms with van der Waals surface area (Å²) in [6, 6.07) is 16.8. The number of aliphatic imine (C=N–C) groups is 1. The van der Waals surface area contributed by atoms with Crippen molar-refractivity contribution in [1.82, 2.24) is 9.55 Å². The normalized spacial score (nSPS) is 14.3. The highest BCUT2D eigenvalue weighted by molar-refractivity contribution is 6.13. The molecule has 2 aromatic heterocycles. The van der Waals surface area contributed by atoms with E-state index in [0.29, 0.717) is 30.2 Å². The minimum absolute atomic E-state index is 0.00231. The van der Waals surface area contributed by atoms with Crippen LogP contribution in [0, 0.1) is 0 Å². The number of alkyl halides is 6. The molecule has 1 aliphatic heterocycles. The molecule has 4 aromatic rings. The van der Waals surface area contributed by atoms with Crippen LogP contribution in [0.15, 0.2) is 71.7 Å². The molecule has 168 valence electrons. The molecule has 0 saturated carbocycles. The summed E-state index contributed by atoms with van der Waals surface area (Å²) >= 11 is 0. The van der Waals surface area contributed by atoms with E-state index in [2.05, 4.69) is 9.98 Å². The van der Waals surface area contributed by atoms with Gasteiger partial charge in [-0.2, -0.15) is 26.3 Å². The molecule has 0 radical (unpaired) electrons.